The Kier molecular flexibility index (Phi) is 6.53. The number of carbonyl (C=O) groups is 2. The highest BCUT2D eigenvalue weighted by Crippen LogP contribution is 2.23. The van der Waals surface area contributed by atoms with E-state index < -0.39 is 0 Å². The predicted octanol–water partition coefficient (Wildman–Crippen LogP) is 2.71. The number of nitrogens with one attached hydrogen (secondary N) is 2. The van der Waals surface area contributed by atoms with E-state index in [1.807, 2.05) is 31.2 Å². The molecule has 0 spiro atoms. The van der Waals surface area contributed by atoms with Crippen molar-refractivity contribution >= 4 is 45.5 Å². The molecule has 0 unspecified atom stereocenters. The molecule has 0 aliphatic rings. The largest absolute Gasteiger partial charge is 0.383 e. The number of hydrogen-bond donors (Lipinski definition) is 3. The van der Waals surface area contributed by atoms with Crippen molar-refractivity contribution in [2.45, 2.75) is 20.4 Å². The summed E-state index contributed by atoms with van der Waals surface area (Å²) in [6.45, 7) is 4.66. The van der Waals surface area contributed by atoms with Gasteiger partial charge in [0.15, 0.2) is 0 Å². The number of hydrogen-bond acceptors (Lipinski definition) is 6. The number of nitrogen functional groups attached to an aromatic ring is 1. The van der Waals surface area contributed by atoms with Gasteiger partial charge in [-0.1, -0.05) is 24.3 Å². The highest BCUT2D eigenvalue weighted by molar-refractivity contribution is 6.02. The highest BCUT2D eigenvalue weighted by Gasteiger charge is 2.08. The van der Waals surface area contributed by atoms with Gasteiger partial charge >= 0.3 is 0 Å². The van der Waals surface area contributed by atoms with Crippen molar-refractivity contribution in [3.8, 4) is 0 Å². The molecule has 0 radical (unpaired) electrons. The molecule has 9 heteroatoms. The Morgan fingerprint density at radius 2 is 2.00 bits per heavy atom. The summed E-state index contributed by atoms with van der Waals surface area (Å²) < 4.78 is 0. The van der Waals surface area contributed by atoms with Gasteiger partial charge in [-0.05, 0) is 18.4 Å². The van der Waals surface area contributed by atoms with E-state index in [0.717, 1.165) is 22.9 Å². The minimum Gasteiger partial charge on any atom is -0.383 e. The molecule has 154 valence electrons. The first-order valence-corrected chi connectivity index (χ1v) is 9.40. The third-order valence-corrected chi connectivity index (χ3v) is 4.49. The maximum atomic E-state index is 10.9. The molecule has 0 fully saturated rings. The Balaban J connectivity index is 0.000000172. The Morgan fingerprint density at radius 1 is 1.20 bits per heavy atom. The Bertz CT molecular complexity index is 1170. The zero-order chi connectivity index (χ0) is 21.5. The molecule has 3 aromatic heterocycles. The van der Waals surface area contributed by atoms with Crippen LogP contribution in [-0.4, -0.2) is 43.9 Å². The van der Waals surface area contributed by atoms with Crippen molar-refractivity contribution in [1.82, 2.24) is 25.1 Å². The van der Waals surface area contributed by atoms with E-state index in [9.17, 15) is 9.59 Å². The second kappa shape index (κ2) is 9.46. The van der Waals surface area contributed by atoms with E-state index >= 15 is 0 Å². The van der Waals surface area contributed by atoms with Crippen molar-refractivity contribution < 1.29 is 9.59 Å². The van der Waals surface area contributed by atoms with E-state index in [0.29, 0.717) is 35.5 Å². The zero-order valence-corrected chi connectivity index (χ0v) is 16.8. The summed E-state index contributed by atoms with van der Waals surface area (Å²) in [7, 11) is 0. The van der Waals surface area contributed by atoms with Gasteiger partial charge in [0.25, 0.3) is 0 Å². The average molecular weight is 405 g/mol. The van der Waals surface area contributed by atoms with E-state index in [1.54, 1.807) is 17.3 Å². The quantitative estimate of drug-likeness (QED) is 0.438. The molecule has 2 amide bonds. The molecule has 0 atom stereocenters. The number of amides is 2. The summed E-state index contributed by atoms with van der Waals surface area (Å²) in [5, 5.41) is 12.2. The van der Waals surface area contributed by atoms with Gasteiger partial charge in [-0.15, -0.1) is 0 Å². The maximum Gasteiger partial charge on any atom is 0.221 e. The third kappa shape index (κ3) is 4.69. The van der Waals surface area contributed by atoms with Crippen LogP contribution in [0.15, 0.2) is 48.9 Å². The van der Waals surface area contributed by atoms with E-state index in [2.05, 4.69) is 31.5 Å². The van der Waals surface area contributed by atoms with Gasteiger partial charge in [0, 0.05) is 25.1 Å². The highest BCUT2D eigenvalue weighted by atomic mass is 16.1. The van der Waals surface area contributed by atoms with Gasteiger partial charge < -0.3 is 16.0 Å². The number of pyridine rings is 2. The predicted molar refractivity (Wildman–Crippen MR) is 116 cm³/mol. The van der Waals surface area contributed by atoms with Gasteiger partial charge in [0.2, 0.25) is 12.3 Å². The van der Waals surface area contributed by atoms with Gasteiger partial charge in [0.05, 0.1) is 41.2 Å². The van der Waals surface area contributed by atoms with Crippen LogP contribution in [0.2, 0.25) is 0 Å². The number of aromatic amines is 1. The second-order valence-corrected chi connectivity index (χ2v) is 6.54. The molecule has 4 rings (SSSR count). The number of benzene rings is 1. The molecule has 0 saturated heterocycles. The molecule has 4 N–H and O–H groups in total. The maximum absolute atomic E-state index is 10.9. The zero-order valence-electron chi connectivity index (χ0n) is 16.8. The number of nitrogens with two attached hydrogens (primary N) is 1. The first kappa shape index (κ1) is 20.7. The fourth-order valence-electron chi connectivity index (χ4n) is 2.96. The van der Waals surface area contributed by atoms with Crippen LogP contribution in [0.1, 0.15) is 19.5 Å². The SMILES string of the molecule is CC(=O)Nc1cnc(N)c2cn[nH]c12.CCN(C=O)Cc1nccc2ccccc12. The summed E-state index contributed by atoms with van der Waals surface area (Å²) in [4.78, 5) is 31.6. The van der Waals surface area contributed by atoms with E-state index in [-0.39, 0.29) is 5.91 Å². The molecular formula is C21H23N7O2. The van der Waals surface area contributed by atoms with Crippen LogP contribution in [0.5, 0.6) is 0 Å². The molecular weight excluding hydrogens is 382 g/mol. The molecule has 9 nitrogen and oxygen atoms in total. The van der Waals surface area contributed by atoms with Crippen LogP contribution in [0, 0.1) is 0 Å². The lowest BCUT2D eigenvalue weighted by Crippen LogP contribution is -2.21. The fourth-order valence-corrected chi connectivity index (χ4v) is 2.96. The molecule has 0 aliphatic carbocycles. The van der Waals surface area contributed by atoms with Gasteiger partial charge in [-0.2, -0.15) is 5.10 Å². The van der Waals surface area contributed by atoms with Crippen LogP contribution < -0.4 is 11.1 Å². The lowest BCUT2D eigenvalue weighted by Gasteiger charge is -2.15. The van der Waals surface area contributed by atoms with Gasteiger partial charge in [-0.3, -0.25) is 19.7 Å². The Morgan fingerprint density at radius 3 is 2.73 bits per heavy atom. The van der Waals surface area contributed by atoms with Gasteiger partial charge in [0.1, 0.15) is 5.82 Å². The average Bonchev–Trinajstić information content (AvgIpc) is 3.25. The van der Waals surface area contributed by atoms with Crippen molar-refractivity contribution in [3.63, 3.8) is 0 Å². The summed E-state index contributed by atoms with van der Waals surface area (Å²) in [6.07, 6.45) is 5.72. The monoisotopic (exact) mass is 405 g/mol. The molecule has 4 aromatic rings. The Labute approximate surface area is 173 Å². The molecule has 1 aromatic carbocycles. The minimum absolute atomic E-state index is 0.160. The minimum atomic E-state index is -0.160. The van der Waals surface area contributed by atoms with Crippen LogP contribution in [0.4, 0.5) is 11.5 Å². The first-order chi connectivity index (χ1) is 14.5. The third-order valence-electron chi connectivity index (χ3n) is 4.49. The van der Waals surface area contributed by atoms with Crippen LogP contribution in [0.25, 0.3) is 21.7 Å². The molecule has 0 saturated carbocycles. The van der Waals surface area contributed by atoms with Crippen molar-refractivity contribution in [2.75, 3.05) is 17.6 Å². The van der Waals surface area contributed by atoms with E-state index in [4.69, 9.17) is 5.73 Å². The van der Waals surface area contributed by atoms with Crippen molar-refractivity contribution in [2.24, 2.45) is 0 Å². The first-order valence-electron chi connectivity index (χ1n) is 9.40. The summed E-state index contributed by atoms with van der Waals surface area (Å²) in [5.74, 6) is 0.232. The van der Waals surface area contributed by atoms with Gasteiger partial charge in [-0.25, -0.2) is 4.98 Å². The second-order valence-electron chi connectivity index (χ2n) is 6.54. The smallest absolute Gasteiger partial charge is 0.221 e. The fraction of sp³-hybridized carbons (Fsp3) is 0.190. The Hall–Kier alpha value is -4.01. The molecule has 3 heterocycles. The van der Waals surface area contributed by atoms with Crippen LogP contribution in [-0.2, 0) is 16.1 Å². The standard InChI is InChI=1S/C13H14N2O.C8H9N5O/c1-2-15(10-16)9-13-12-6-4-3-5-11(12)7-8-14-13;1-4(14)12-6-3-10-8(9)5-2-11-13-7(5)6/h3-8,10H,2,9H2,1H3;2-3H,1H3,(H2,9,10)(H,11,13)(H,12,14). The summed E-state index contributed by atoms with van der Waals surface area (Å²) in [6, 6.07) is 10.1. The van der Waals surface area contributed by atoms with Crippen LogP contribution in [0.3, 0.4) is 0 Å². The lowest BCUT2D eigenvalue weighted by atomic mass is 10.1. The lowest BCUT2D eigenvalue weighted by molar-refractivity contribution is -0.118. The normalized spacial score (nSPS) is 10.3. The summed E-state index contributed by atoms with van der Waals surface area (Å²) in [5.41, 5.74) is 7.84. The molecule has 0 aliphatic heterocycles. The number of anilines is 2. The number of nitrogens with zero attached hydrogens (tertiary/aromatic N) is 4. The topological polar surface area (TPSA) is 130 Å². The molecule has 30 heavy (non-hydrogen) atoms. The van der Waals surface area contributed by atoms with Crippen molar-refractivity contribution in [3.05, 3.63) is 54.6 Å². The number of carbonyl (C=O) groups excluding carboxylic acids is 2. The summed E-state index contributed by atoms with van der Waals surface area (Å²) >= 11 is 0. The van der Waals surface area contributed by atoms with Crippen molar-refractivity contribution in [1.29, 1.82) is 0 Å². The number of rotatable bonds is 5. The van der Waals surface area contributed by atoms with E-state index in [1.165, 1.54) is 13.1 Å². The van der Waals surface area contributed by atoms with Crippen LogP contribution >= 0.6 is 0 Å². The number of H-pyrrole nitrogens is 1. The number of aromatic nitrogens is 4. The molecule has 0 bridgehead atoms. The number of fused-ring (bicyclic) bond motifs is 2.